The third kappa shape index (κ3) is 46.4. The SMILES string of the molecule is C1=CCCC=C1.C1=CCCC=C1.CC.CC.CC.CC.CC.CC.CC.CC.CCC.CCC.Cn1c2ccccc2c2ccccc21.Cn1c2ccccc2c2ccccc21.c1ccccc1.c1ccccc1.c1cncnc1.c1ncncn1. The molecule has 86 heavy (non-hydrogen) atoms. The van der Waals surface area contributed by atoms with Crippen LogP contribution >= 0.6 is 0 Å². The first-order valence-electron chi connectivity index (χ1n) is 32.3. The lowest BCUT2D eigenvalue weighted by atomic mass is 10.2. The van der Waals surface area contributed by atoms with Crippen molar-refractivity contribution in [3.8, 4) is 0 Å². The van der Waals surface area contributed by atoms with Crippen molar-refractivity contribution in [3.05, 3.63) is 262 Å². The summed E-state index contributed by atoms with van der Waals surface area (Å²) < 4.78 is 4.48. The molecule has 2 aliphatic carbocycles. The van der Waals surface area contributed by atoms with Crippen molar-refractivity contribution in [2.24, 2.45) is 14.1 Å². The summed E-state index contributed by atoms with van der Waals surface area (Å²) in [7, 11) is 4.23. The zero-order valence-electron chi connectivity index (χ0n) is 58.2. The van der Waals surface area contributed by atoms with Gasteiger partial charge in [0.25, 0.3) is 0 Å². The van der Waals surface area contributed by atoms with Crippen LogP contribution in [-0.4, -0.2) is 34.1 Å². The van der Waals surface area contributed by atoms with Gasteiger partial charge in [-0.1, -0.05) is 346 Å². The lowest BCUT2D eigenvalue weighted by molar-refractivity contribution is 1.01. The number of hydrogen-bond acceptors (Lipinski definition) is 5. The molecule has 0 radical (unpaired) electrons. The van der Waals surface area contributed by atoms with Crippen LogP contribution < -0.4 is 0 Å². The Morgan fingerprint density at radius 2 is 0.430 bits per heavy atom. The monoisotopic (exact) mass is 1170 g/mol. The van der Waals surface area contributed by atoms with Crippen LogP contribution in [0.2, 0.25) is 0 Å². The summed E-state index contributed by atoms with van der Waals surface area (Å²) in [4.78, 5) is 18.0. The normalized spacial score (nSPS) is 9.47. The highest BCUT2D eigenvalue weighted by atomic mass is 14.9. The summed E-state index contributed by atoms with van der Waals surface area (Å²) >= 11 is 0. The molecule has 4 heterocycles. The minimum atomic E-state index is 1.23. The molecule has 6 aromatic carbocycles. The Hall–Kier alpha value is -8.03. The van der Waals surface area contributed by atoms with Gasteiger partial charge >= 0.3 is 0 Å². The van der Waals surface area contributed by atoms with E-state index in [1.807, 2.05) is 184 Å². The second-order valence-corrected chi connectivity index (χ2v) is 15.5. The van der Waals surface area contributed by atoms with Crippen LogP contribution in [0.5, 0.6) is 0 Å². The summed E-state index contributed by atoms with van der Waals surface area (Å²) in [5.74, 6) is 0. The van der Waals surface area contributed by atoms with E-state index in [0.29, 0.717) is 0 Å². The highest BCUT2D eigenvalue weighted by Crippen LogP contribution is 2.28. The van der Waals surface area contributed by atoms with Gasteiger partial charge in [-0.15, -0.1) is 0 Å². The van der Waals surface area contributed by atoms with Gasteiger partial charge in [-0.3, -0.25) is 0 Å². The van der Waals surface area contributed by atoms with Gasteiger partial charge in [0, 0.05) is 70.1 Å². The lowest BCUT2D eigenvalue weighted by Gasteiger charge is -1.95. The second kappa shape index (κ2) is 77.0. The van der Waals surface area contributed by atoms with Crippen molar-refractivity contribution in [2.45, 2.75) is 177 Å². The summed E-state index contributed by atoms with van der Waals surface area (Å²) in [6.45, 7) is 40.5. The maximum atomic E-state index is 3.67. The van der Waals surface area contributed by atoms with E-state index < -0.39 is 0 Å². The van der Waals surface area contributed by atoms with E-state index in [1.54, 1.807) is 18.5 Å². The molecule has 0 spiro atoms. The Morgan fingerprint density at radius 1 is 0.256 bits per heavy atom. The van der Waals surface area contributed by atoms with E-state index in [2.05, 4.69) is 222 Å². The largest absolute Gasteiger partial charge is 0.344 e. The summed E-state index contributed by atoms with van der Waals surface area (Å²) in [6, 6.07) is 59.8. The molecule has 2 aliphatic rings. The van der Waals surface area contributed by atoms with E-state index in [9.17, 15) is 0 Å². The van der Waals surface area contributed by atoms with Gasteiger partial charge in [-0.25, -0.2) is 24.9 Å². The number of benzene rings is 6. The van der Waals surface area contributed by atoms with Crippen molar-refractivity contribution in [3.63, 3.8) is 0 Å². The zero-order chi connectivity index (χ0) is 66.0. The number of nitrogens with zero attached hydrogens (tertiary/aromatic N) is 7. The average molecular weight is 1170 g/mol. The van der Waals surface area contributed by atoms with Crippen molar-refractivity contribution in [1.29, 1.82) is 0 Å². The minimum Gasteiger partial charge on any atom is -0.344 e. The first kappa shape index (κ1) is 89.2. The molecule has 0 saturated carbocycles. The minimum absolute atomic E-state index is 1.23. The Kier molecular flexibility index (Phi) is 79.8. The molecule has 0 unspecified atom stereocenters. The van der Waals surface area contributed by atoms with Crippen molar-refractivity contribution >= 4 is 43.6 Å². The molecular weight excluding hydrogens is 1050 g/mol. The summed E-state index contributed by atoms with van der Waals surface area (Å²) in [6.07, 6.45) is 33.7. The van der Waals surface area contributed by atoms with Gasteiger partial charge < -0.3 is 9.13 Å². The van der Waals surface area contributed by atoms with Gasteiger partial charge in [-0.2, -0.15) is 0 Å². The topological polar surface area (TPSA) is 74.3 Å². The number of fused-ring (bicyclic) bond motifs is 6. The molecule has 0 aliphatic heterocycles. The number of hydrogen-bond donors (Lipinski definition) is 0. The van der Waals surface area contributed by atoms with Crippen LogP contribution in [0.3, 0.4) is 0 Å². The lowest BCUT2D eigenvalue weighted by Crippen LogP contribution is -1.84. The molecule has 0 N–H and O–H groups in total. The molecule has 0 amide bonds. The van der Waals surface area contributed by atoms with E-state index in [-0.39, 0.29) is 0 Å². The first-order valence-corrected chi connectivity index (χ1v) is 32.3. The van der Waals surface area contributed by atoms with Crippen molar-refractivity contribution < 1.29 is 0 Å². The van der Waals surface area contributed by atoms with Crippen LogP contribution in [0.15, 0.2) is 262 Å². The maximum Gasteiger partial charge on any atom is 0.119 e. The third-order valence-electron chi connectivity index (χ3n) is 9.62. The standard InChI is InChI=1S/2C13H11N.2C6H8.2C6H6.C4H4N2.C3H3N3.2C3H8.8C2H6/c2*1-14-12-8-4-2-6-10(12)11-7-3-5-9-13(11)14;4*1-2-4-6-5-3-1;1-2-5-4-6-3-1;1-4-2-6-3-5-1;2*1-3-2;8*1-2/h2*2-9H,1H3;2*1-4H,5-6H2;2*1-6H;1-4H;1-3H;2*3H2,1-2H3;8*1-2H3. The van der Waals surface area contributed by atoms with E-state index in [1.165, 1.54) is 107 Å². The van der Waals surface area contributed by atoms with Crippen molar-refractivity contribution in [2.75, 3.05) is 0 Å². The summed E-state index contributed by atoms with van der Waals surface area (Å²) in [5, 5.41) is 5.35. The average Bonchev–Trinajstić information content (AvgIpc) is 2.15. The summed E-state index contributed by atoms with van der Waals surface area (Å²) in [5.41, 5.74) is 5.20. The first-order chi connectivity index (χ1) is 42.6. The predicted octanol–water partition coefficient (Wildman–Crippen LogP) is 25.2. The maximum absolute atomic E-state index is 3.67. The highest BCUT2D eigenvalue weighted by Gasteiger charge is 2.06. The Bertz CT molecular complexity index is 2380. The molecule has 0 atom stereocenters. The number of rotatable bonds is 0. The third-order valence-corrected chi connectivity index (χ3v) is 9.62. The molecule has 10 aromatic rings. The molecular formula is C79H121N7. The molecule has 7 nitrogen and oxygen atoms in total. The zero-order valence-corrected chi connectivity index (χ0v) is 58.2. The highest BCUT2D eigenvalue weighted by molar-refractivity contribution is 6.08. The van der Waals surface area contributed by atoms with Gasteiger partial charge in [-0.05, 0) is 56.0 Å². The number of para-hydroxylation sites is 4. The molecule has 472 valence electrons. The molecule has 0 fully saturated rings. The number of allylic oxidation sites excluding steroid dienone is 8. The number of aryl methyl sites for hydroxylation is 2. The molecule has 0 bridgehead atoms. The molecule has 12 rings (SSSR count). The van der Waals surface area contributed by atoms with Crippen LogP contribution in [0.25, 0.3) is 43.6 Å². The van der Waals surface area contributed by atoms with Crippen LogP contribution in [0, 0.1) is 0 Å². The van der Waals surface area contributed by atoms with Crippen molar-refractivity contribution in [1.82, 2.24) is 34.1 Å². The molecule has 0 saturated heterocycles. The second-order valence-electron chi connectivity index (χ2n) is 15.5. The van der Waals surface area contributed by atoms with Gasteiger partial charge in [0.05, 0.1) is 0 Å². The Morgan fingerprint density at radius 3 is 0.558 bits per heavy atom. The quantitative estimate of drug-likeness (QED) is 0.151. The smallest absolute Gasteiger partial charge is 0.119 e. The van der Waals surface area contributed by atoms with E-state index in [4.69, 9.17) is 0 Å². The van der Waals surface area contributed by atoms with Gasteiger partial charge in [0.1, 0.15) is 25.3 Å². The van der Waals surface area contributed by atoms with E-state index >= 15 is 0 Å². The predicted molar refractivity (Wildman–Crippen MR) is 393 cm³/mol. The number of aromatic nitrogens is 7. The fourth-order valence-electron chi connectivity index (χ4n) is 6.55. The molecule has 7 heteroatoms. The van der Waals surface area contributed by atoms with Crippen LogP contribution in [0.1, 0.15) is 177 Å². The van der Waals surface area contributed by atoms with Gasteiger partial charge in [0.2, 0.25) is 0 Å². The van der Waals surface area contributed by atoms with E-state index in [0.717, 1.165) is 0 Å². The fraction of sp³-hybridized carbons (Fsp3) is 0.354. The Labute approximate surface area is 528 Å². The molecule has 4 aromatic heterocycles. The van der Waals surface area contributed by atoms with Crippen LogP contribution in [0.4, 0.5) is 0 Å². The Balaban J connectivity index is -0.000000208. The van der Waals surface area contributed by atoms with Crippen LogP contribution in [-0.2, 0) is 14.1 Å². The fourth-order valence-corrected chi connectivity index (χ4v) is 6.55. The van der Waals surface area contributed by atoms with Gasteiger partial charge in [0.15, 0.2) is 0 Å².